The molecule has 1 amide bonds. The van der Waals surface area contributed by atoms with E-state index in [1.54, 1.807) is 13.0 Å². The zero-order chi connectivity index (χ0) is 20.0. The number of nitrogens with one attached hydrogen (secondary N) is 1. The highest BCUT2D eigenvalue weighted by molar-refractivity contribution is 5.96. The van der Waals surface area contributed by atoms with Crippen LogP contribution >= 0.6 is 0 Å². The first-order valence-electron chi connectivity index (χ1n) is 7.92. The van der Waals surface area contributed by atoms with Crippen LogP contribution in [0.3, 0.4) is 0 Å². The fourth-order valence-electron chi connectivity index (χ4n) is 2.28. The van der Waals surface area contributed by atoms with Crippen molar-refractivity contribution >= 4 is 17.6 Å². The monoisotopic (exact) mass is 377 g/mol. The summed E-state index contributed by atoms with van der Waals surface area (Å²) in [6.07, 6.45) is 0. The Morgan fingerprint density at radius 1 is 1.00 bits per heavy atom. The maximum absolute atomic E-state index is 13.5. The Balaban J connectivity index is 2.04. The summed E-state index contributed by atoms with van der Waals surface area (Å²) in [5.74, 6) is -0.900. The number of hydrogen-bond acceptors (Lipinski definition) is 6. The van der Waals surface area contributed by atoms with Crippen LogP contribution in [0, 0.1) is 12.7 Å². The normalized spacial score (nSPS) is 10.1. The second-order valence-electron chi connectivity index (χ2n) is 5.50. The van der Waals surface area contributed by atoms with Gasteiger partial charge in [0.2, 0.25) is 5.75 Å². The highest BCUT2D eigenvalue weighted by Gasteiger charge is 2.18. The van der Waals surface area contributed by atoms with Gasteiger partial charge in [0.1, 0.15) is 5.82 Å². The molecule has 0 aliphatic carbocycles. The summed E-state index contributed by atoms with van der Waals surface area (Å²) in [6, 6.07) is 7.10. The maximum atomic E-state index is 13.5. The zero-order valence-electron chi connectivity index (χ0n) is 15.4. The first-order chi connectivity index (χ1) is 12.9. The molecule has 0 spiro atoms. The van der Waals surface area contributed by atoms with Gasteiger partial charge in [-0.2, -0.15) is 0 Å². The summed E-state index contributed by atoms with van der Waals surface area (Å²) in [6.45, 7) is 1.07. The van der Waals surface area contributed by atoms with Crippen molar-refractivity contribution in [3.63, 3.8) is 0 Å². The molecule has 2 rings (SSSR count). The molecule has 0 heterocycles. The summed E-state index contributed by atoms with van der Waals surface area (Å²) in [7, 11) is 4.28. The third-order valence-corrected chi connectivity index (χ3v) is 3.69. The van der Waals surface area contributed by atoms with Gasteiger partial charge < -0.3 is 24.3 Å². The number of benzene rings is 2. The number of amides is 1. The average Bonchev–Trinajstić information content (AvgIpc) is 2.67. The van der Waals surface area contributed by atoms with Crippen LogP contribution in [0.4, 0.5) is 10.1 Å². The van der Waals surface area contributed by atoms with Gasteiger partial charge in [0.15, 0.2) is 18.1 Å². The van der Waals surface area contributed by atoms with Gasteiger partial charge in [-0.1, -0.05) is 6.07 Å². The third kappa shape index (κ3) is 4.87. The van der Waals surface area contributed by atoms with Gasteiger partial charge in [-0.15, -0.1) is 0 Å². The van der Waals surface area contributed by atoms with Gasteiger partial charge in [0, 0.05) is 5.69 Å². The van der Waals surface area contributed by atoms with Crippen LogP contribution in [-0.4, -0.2) is 39.8 Å². The molecule has 0 aliphatic heterocycles. The molecule has 0 radical (unpaired) electrons. The summed E-state index contributed by atoms with van der Waals surface area (Å²) < 4.78 is 34.0. The molecular formula is C19H20FNO6. The Bertz CT molecular complexity index is 827. The van der Waals surface area contributed by atoms with Gasteiger partial charge in [0.05, 0.1) is 26.9 Å². The van der Waals surface area contributed by atoms with Crippen molar-refractivity contribution in [3.8, 4) is 17.2 Å². The van der Waals surface area contributed by atoms with E-state index >= 15 is 0 Å². The third-order valence-electron chi connectivity index (χ3n) is 3.69. The number of esters is 1. The van der Waals surface area contributed by atoms with E-state index in [-0.39, 0.29) is 22.7 Å². The minimum absolute atomic E-state index is 0.124. The second-order valence-corrected chi connectivity index (χ2v) is 5.50. The van der Waals surface area contributed by atoms with Crippen LogP contribution in [0.2, 0.25) is 0 Å². The van der Waals surface area contributed by atoms with E-state index < -0.39 is 24.3 Å². The molecule has 0 aromatic heterocycles. The molecule has 0 aliphatic rings. The van der Waals surface area contributed by atoms with Crippen LogP contribution in [0.5, 0.6) is 17.2 Å². The molecule has 144 valence electrons. The Kier molecular flexibility index (Phi) is 6.59. The largest absolute Gasteiger partial charge is 0.493 e. The van der Waals surface area contributed by atoms with E-state index in [9.17, 15) is 14.0 Å². The van der Waals surface area contributed by atoms with Crippen molar-refractivity contribution in [1.82, 2.24) is 0 Å². The van der Waals surface area contributed by atoms with Crippen LogP contribution < -0.4 is 19.5 Å². The Morgan fingerprint density at radius 2 is 1.63 bits per heavy atom. The number of aryl methyl sites for hydroxylation is 1. The SMILES string of the molecule is COc1cc(C(=O)OCC(=O)Nc2ccc(C)c(F)c2)cc(OC)c1OC. The van der Waals surface area contributed by atoms with Crippen molar-refractivity contribution in [3.05, 3.63) is 47.3 Å². The molecule has 0 bridgehead atoms. The summed E-state index contributed by atoms with van der Waals surface area (Å²) in [5.41, 5.74) is 0.854. The van der Waals surface area contributed by atoms with Gasteiger partial charge in [-0.25, -0.2) is 9.18 Å². The number of hydrogen-bond donors (Lipinski definition) is 1. The molecule has 2 aromatic carbocycles. The van der Waals surface area contributed by atoms with Crippen molar-refractivity contribution in [2.75, 3.05) is 33.3 Å². The standard InChI is InChI=1S/C19H20FNO6/c1-11-5-6-13(9-14(11)20)21-17(22)10-27-19(23)12-7-15(24-2)18(26-4)16(8-12)25-3/h5-9H,10H2,1-4H3,(H,21,22). The molecule has 7 nitrogen and oxygen atoms in total. The van der Waals surface area contributed by atoms with E-state index in [0.29, 0.717) is 11.3 Å². The van der Waals surface area contributed by atoms with Crippen molar-refractivity contribution < 1.29 is 32.9 Å². The summed E-state index contributed by atoms with van der Waals surface area (Å²) >= 11 is 0. The summed E-state index contributed by atoms with van der Waals surface area (Å²) in [5, 5.41) is 2.45. The molecule has 0 saturated carbocycles. The fraction of sp³-hybridized carbons (Fsp3) is 0.263. The van der Waals surface area contributed by atoms with E-state index in [0.717, 1.165) is 0 Å². The van der Waals surface area contributed by atoms with Crippen molar-refractivity contribution in [2.24, 2.45) is 0 Å². The van der Waals surface area contributed by atoms with Gasteiger partial charge in [-0.3, -0.25) is 4.79 Å². The minimum atomic E-state index is -0.750. The lowest BCUT2D eigenvalue weighted by Crippen LogP contribution is -2.21. The minimum Gasteiger partial charge on any atom is -0.493 e. The molecule has 0 saturated heterocycles. The Hall–Kier alpha value is -3.29. The lowest BCUT2D eigenvalue weighted by atomic mass is 10.2. The smallest absolute Gasteiger partial charge is 0.338 e. The topological polar surface area (TPSA) is 83.1 Å². The maximum Gasteiger partial charge on any atom is 0.338 e. The lowest BCUT2D eigenvalue weighted by molar-refractivity contribution is -0.119. The number of methoxy groups -OCH3 is 3. The van der Waals surface area contributed by atoms with Crippen LogP contribution in [-0.2, 0) is 9.53 Å². The van der Waals surface area contributed by atoms with Gasteiger partial charge in [0.25, 0.3) is 5.91 Å². The average molecular weight is 377 g/mol. The number of carbonyl (C=O) groups is 2. The number of ether oxygens (including phenoxy) is 4. The van der Waals surface area contributed by atoms with Crippen molar-refractivity contribution in [2.45, 2.75) is 6.92 Å². The molecular weight excluding hydrogens is 357 g/mol. The molecule has 0 unspecified atom stereocenters. The Labute approximate surface area is 156 Å². The van der Waals surface area contributed by atoms with Crippen LogP contribution in [0.25, 0.3) is 0 Å². The molecule has 0 fully saturated rings. The lowest BCUT2D eigenvalue weighted by Gasteiger charge is -2.13. The number of rotatable bonds is 7. The van der Waals surface area contributed by atoms with E-state index in [2.05, 4.69) is 5.32 Å². The number of carbonyl (C=O) groups excluding carboxylic acids is 2. The highest BCUT2D eigenvalue weighted by atomic mass is 19.1. The van der Waals surface area contributed by atoms with Crippen molar-refractivity contribution in [1.29, 1.82) is 0 Å². The Morgan fingerprint density at radius 3 is 2.15 bits per heavy atom. The quantitative estimate of drug-likeness (QED) is 0.747. The van der Waals surface area contributed by atoms with Crippen LogP contribution in [0.1, 0.15) is 15.9 Å². The molecule has 2 aromatic rings. The molecule has 27 heavy (non-hydrogen) atoms. The molecule has 0 atom stereocenters. The first-order valence-corrected chi connectivity index (χ1v) is 7.92. The number of halogens is 1. The van der Waals surface area contributed by atoms with E-state index in [1.165, 1.54) is 45.6 Å². The van der Waals surface area contributed by atoms with Crippen LogP contribution in [0.15, 0.2) is 30.3 Å². The second kappa shape index (κ2) is 8.88. The van der Waals surface area contributed by atoms with E-state index in [1.807, 2.05) is 0 Å². The van der Waals surface area contributed by atoms with Gasteiger partial charge >= 0.3 is 5.97 Å². The van der Waals surface area contributed by atoms with E-state index in [4.69, 9.17) is 18.9 Å². The zero-order valence-corrected chi connectivity index (χ0v) is 15.4. The van der Waals surface area contributed by atoms with Gasteiger partial charge in [-0.05, 0) is 36.8 Å². The summed E-state index contributed by atoms with van der Waals surface area (Å²) in [4.78, 5) is 24.1. The molecule has 1 N–H and O–H groups in total. The fourth-order valence-corrected chi connectivity index (χ4v) is 2.28. The predicted molar refractivity (Wildman–Crippen MR) is 96.1 cm³/mol. The number of anilines is 1. The predicted octanol–water partition coefficient (Wildman–Crippen LogP) is 2.96. The first kappa shape index (κ1) is 20.0. The molecule has 8 heteroatoms. The highest BCUT2D eigenvalue weighted by Crippen LogP contribution is 2.38.